The topological polar surface area (TPSA) is 89.9 Å². The van der Waals surface area contributed by atoms with E-state index in [1.54, 1.807) is 0 Å². The monoisotopic (exact) mass is 862 g/mol. The number of likely N-dealkylation sites (tertiary alicyclic amines) is 1. The molecule has 0 radical (unpaired) electrons. The predicted molar refractivity (Wildman–Crippen MR) is 257 cm³/mol. The molecule has 0 aromatic heterocycles. The van der Waals surface area contributed by atoms with Crippen molar-refractivity contribution in [3.05, 3.63) is 215 Å². The van der Waals surface area contributed by atoms with E-state index in [0.717, 1.165) is 105 Å². The highest BCUT2D eigenvalue weighted by Gasteiger charge is 2.42. The number of ketones is 2. The van der Waals surface area contributed by atoms with Crippen molar-refractivity contribution in [2.75, 3.05) is 38.6 Å². The smallest absolute Gasteiger partial charge is 0.162 e. The van der Waals surface area contributed by atoms with Crippen LogP contribution in [0.5, 0.6) is 0 Å². The third-order valence-electron chi connectivity index (χ3n) is 12.6. The fourth-order valence-electron chi connectivity index (χ4n) is 9.09. The van der Waals surface area contributed by atoms with Crippen LogP contribution in [0.25, 0.3) is 0 Å². The Morgan fingerprint density at radius 1 is 0.492 bits per heavy atom. The molecule has 7 heteroatoms. The van der Waals surface area contributed by atoms with Gasteiger partial charge in [-0.1, -0.05) is 182 Å². The molecule has 328 valence electrons. The molecule has 0 amide bonds. The minimum absolute atomic E-state index is 0.166. The zero-order valence-corrected chi connectivity index (χ0v) is 37.2. The van der Waals surface area contributed by atoms with E-state index in [9.17, 15) is 19.8 Å². The highest BCUT2D eigenvalue weighted by molar-refractivity contribution is 6.18. The molecule has 0 saturated carbocycles. The number of hydrogen-bond acceptors (Lipinski definition) is 6. The highest BCUT2D eigenvalue weighted by atomic mass is 35.5. The Morgan fingerprint density at radius 2 is 0.810 bits per heavy atom. The van der Waals surface area contributed by atoms with E-state index in [-0.39, 0.29) is 23.4 Å². The molecule has 6 aromatic rings. The highest BCUT2D eigenvalue weighted by Crippen LogP contribution is 2.43. The summed E-state index contributed by atoms with van der Waals surface area (Å²) in [5.74, 6) is 1.38. The first-order valence-corrected chi connectivity index (χ1v) is 23.2. The lowest BCUT2D eigenvalue weighted by molar-refractivity contribution is -0.0142. The summed E-state index contributed by atoms with van der Waals surface area (Å²) in [4.78, 5) is 26.1. The van der Waals surface area contributed by atoms with Gasteiger partial charge in [0.2, 0.25) is 0 Å². The van der Waals surface area contributed by atoms with Crippen LogP contribution in [-0.4, -0.2) is 65.3 Å². The summed E-state index contributed by atoms with van der Waals surface area (Å²) in [5, 5.41) is 26.9. The molecule has 6 aromatic carbocycles. The third-order valence-corrected chi connectivity index (χ3v) is 12.8. The zero-order valence-electron chi connectivity index (χ0n) is 36.4. The third kappa shape index (κ3) is 12.9. The van der Waals surface area contributed by atoms with Crippen molar-refractivity contribution in [2.24, 2.45) is 11.8 Å². The van der Waals surface area contributed by atoms with Crippen LogP contribution in [0.2, 0.25) is 0 Å². The van der Waals surface area contributed by atoms with Crippen LogP contribution in [0, 0.1) is 11.8 Å². The molecule has 2 aliphatic heterocycles. The van der Waals surface area contributed by atoms with Gasteiger partial charge in [0.15, 0.2) is 11.6 Å². The lowest BCUT2D eigenvalue weighted by Gasteiger charge is -2.42. The van der Waals surface area contributed by atoms with Crippen LogP contribution in [0.15, 0.2) is 182 Å². The van der Waals surface area contributed by atoms with Crippen LogP contribution in [0.4, 0.5) is 0 Å². The van der Waals surface area contributed by atoms with Gasteiger partial charge in [-0.3, -0.25) is 9.59 Å². The van der Waals surface area contributed by atoms with Crippen molar-refractivity contribution in [1.82, 2.24) is 10.2 Å². The number of halogens is 1. The van der Waals surface area contributed by atoms with Gasteiger partial charge in [-0.25, -0.2) is 0 Å². The van der Waals surface area contributed by atoms with Crippen LogP contribution in [-0.2, 0) is 11.2 Å². The fourth-order valence-corrected chi connectivity index (χ4v) is 9.22. The van der Waals surface area contributed by atoms with Crippen molar-refractivity contribution in [3.63, 3.8) is 0 Å². The molecule has 8 rings (SSSR count). The van der Waals surface area contributed by atoms with Gasteiger partial charge in [-0.2, -0.15) is 0 Å². The van der Waals surface area contributed by atoms with Gasteiger partial charge < -0.3 is 20.4 Å². The Kier molecular flexibility index (Phi) is 18.4. The van der Waals surface area contributed by atoms with E-state index < -0.39 is 11.2 Å². The van der Waals surface area contributed by atoms with Crippen LogP contribution < -0.4 is 5.32 Å². The van der Waals surface area contributed by atoms with Gasteiger partial charge in [-0.05, 0) is 105 Å². The molecule has 0 spiro atoms. The second kappa shape index (κ2) is 24.6. The maximum absolute atomic E-state index is 12.3. The molecule has 3 N–H and O–H groups in total. The number of alkyl halides is 1. The number of carbonyl (C=O) groups excluding carboxylic acids is 2. The van der Waals surface area contributed by atoms with Crippen molar-refractivity contribution < 1.29 is 19.8 Å². The van der Waals surface area contributed by atoms with Gasteiger partial charge in [0.1, 0.15) is 11.2 Å². The fraction of sp³-hybridized carbons (Fsp3) is 0.321. The number of hydrogen-bond donors (Lipinski definition) is 3. The average molecular weight is 864 g/mol. The summed E-state index contributed by atoms with van der Waals surface area (Å²) in [6.07, 6.45) is 6.64. The van der Waals surface area contributed by atoms with E-state index in [1.165, 1.54) is 0 Å². The summed E-state index contributed by atoms with van der Waals surface area (Å²) in [7, 11) is 0. The summed E-state index contributed by atoms with van der Waals surface area (Å²) in [6.45, 7) is 4.79. The first-order valence-electron chi connectivity index (χ1n) is 22.7. The van der Waals surface area contributed by atoms with Crippen molar-refractivity contribution in [2.45, 2.75) is 62.6 Å². The molecule has 0 unspecified atom stereocenters. The maximum Gasteiger partial charge on any atom is 0.162 e. The number of carbonyl (C=O) groups is 2. The minimum Gasteiger partial charge on any atom is -0.380 e. The van der Waals surface area contributed by atoms with Crippen molar-refractivity contribution >= 4 is 23.2 Å². The Morgan fingerprint density at radius 3 is 1.16 bits per heavy atom. The van der Waals surface area contributed by atoms with Crippen LogP contribution in [0.3, 0.4) is 0 Å². The molecule has 2 saturated heterocycles. The molecular weight excluding hydrogens is 800 g/mol. The maximum atomic E-state index is 12.3. The Bertz CT molecular complexity index is 2120. The van der Waals surface area contributed by atoms with Crippen molar-refractivity contribution in [1.29, 1.82) is 0 Å². The Labute approximate surface area is 380 Å². The molecule has 2 fully saturated rings. The summed E-state index contributed by atoms with van der Waals surface area (Å²) in [6, 6.07) is 59.1. The summed E-state index contributed by atoms with van der Waals surface area (Å²) < 4.78 is 0. The molecule has 2 aliphatic rings. The van der Waals surface area contributed by atoms with Gasteiger partial charge in [0.05, 0.1) is 0 Å². The normalized spacial score (nSPS) is 15.0. The number of nitrogens with one attached hydrogen (secondary N) is 1. The SMILES string of the molecule is O=C(CCCCl)c1ccccc1.O=C(CCCN1CCC(C(O)(c2ccccc2)c2ccccc2)CC1)c1ccccc1.OC(c1ccccc1)(c1ccccc1)C1CCNCC1. The molecular formula is C56H63ClN2O4. The number of aliphatic hydroxyl groups is 2. The number of rotatable bonds is 15. The molecule has 63 heavy (non-hydrogen) atoms. The van der Waals surface area contributed by atoms with E-state index in [0.29, 0.717) is 18.7 Å². The second-order valence-electron chi connectivity index (χ2n) is 16.6. The second-order valence-corrected chi connectivity index (χ2v) is 17.0. The Balaban J connectivity index is 0.000000176. The molecule has 0 aliphatic carbocycles. The van der Waals surface area contributed by atoms with Gasteiger partial charge >= 0.3 is 0 Å². The standard InChI is InChI=1S/C28H31NO2.C18H21NO.C10H11ClO/c30-27(23-11-4-1-5-12-23)17-10-20-29-21-18-26(19-22-29)28(31,24-13-6-2-7-14-24)25-15-8-3-9-16-25;20-18(15-7-3-1-4-8-15,16-9-5-2-6-10-16)17-11-13-19-14-12-17;11-8-4-7-10(12)9-5-2-1-3-6-9/h1-9,11-16,26,31H,10,17-22H2;1-10,17,19-20H,11-14H2;1-3,5-6H,4,7-8H2. The predicted octanol–water partition coefficient (Wildman–Crippen LogP) is 11.1. The lowest BCUT2D eigenvalue weighted by atomic mass is 9.72. The number of piperidine rings is 2. The van der Waals surface area contributed by atoms with Crippen molar-refractivity contribution in [3.8, 4) is 0 Å². The largest absolute Gasteiger partial charge is 0.380 e. The molecule has 6 nitrogen and oxygen atoms in total. The van der Waals surface area contributed by atoms with Gasteiger partial charge in [0.25, 0.3) is 0 Å². The number of benzene rings is 6. The summed E-state index contributed by atoms with van der Waals surface area (Å²) in [5.41, 5.74) is 3.65. The van der Waals surface area contributed by atoms with E-state index in [4.69, 9.17) is 11.6 Å². The number of Topliss-reactive ketones (excluding diaryl/α,β-unsaturated/α-hetero) is 2. The number of nitrogens with zero attached hydrogens (tertiary/aromatic N) is 1. The first-order chi connectivity index (χ1) is 30.8. The van der Waals surface area contributed by atoms with Crippen LogP contribution >= 0.6 is 11.6 Å². The minimum atomic E-state index is -0.974. The van der Waals surface area contributed by atoms with Gasteiger partial charge in [-0.15, -0.1) is 11.6 Å². The quantitative estimate of drug-likeness (QED) is 0.0704. The lowest BCUT2D eigenvalue weighted by Crippen LogP contribution is -2.44. The molecule has 0 atom stereocenters. The van der Waals surface area contributed by atoms with Crippen LogP contribution in [0.1, 0.15) is 94.3 Å². The zero-order chi connectivity index (χ0) is 44.2. The first kappa shape index (κ1) is 47.3. The van der Waals surface area contributed by atoms with E-state index >= 15 is 0 Å². The Hall–Kier alpha value is -5.21. The molecule has 0 bridgehead atoms. The van der Waals surface area contributed by atoms with E-state index in [2.05, 4.69) is 10.2 Å². The molecule has 2 heterocycles. The van der Waals surface area contributed by atoms with E-state index in [1.807, 2.05) is 182 Å². The van der Waals surface area contributed by atoms with Gasteiger partial charge in [0, 0.05) is 29.8 Å². The average Bonchev–Trinajstić information content (AvgIpc) is 3.37. The summed E-state index contributed by atoms with van der Waals surface area (Å²) >= 11 is 5.48.